The van der Waals surface area contributed by atoms with Crippen LogP contribution in [0.3, 0.4) is 0 Å². The first-order valence-corrected chi connectivity index (χ1v) is 7.57. The lowest BCUT2D eigenvalue weighted by molar-refractivity contribution is 0.0173. The molecule has 20 heavy (non-hydrogen) atoms. The van der Waals surface area contributed by atoms with Gasteiger partial charge in [0.05, 0.1) is 5.60 Å². The number of rotatable bonds is 6. The van der Waals surface area contributed by atoms with Gasteiger partial charge in [-0.15, -0.1) is 0 Å². The zero-order valence-corrected chi connectivity index (χ0v) is 13.5. The van der Waals surface area contributed by atoms with Crippen LogP contribution in [0.2, 0.25) is 0 Å². The van der Waals surface area contributed by atoms with Gasteiger partial charge in [-0.2, -0.15) is 0 Å². The van der Waals surface area contributed by atoms with Gasteiger partial charge in [0.25, 0.3) is 0 Å². The zero-order valence-electron chi connectivity index (χ0n) is 13.5. The Hall–Kier alpha value is -1.06. The Morgan fingerprint density at radius 2 is 2.15 bits per heavy atom. The van der Waals surface area contributed by atoms with Crippen molar-refractivity contribution in [1.29, 1.82) is 0 Å². The number of methoxy groups -OCH3 is 1. The molecule has 0 aromatic heterocycles. The Morgan fingerprint density at radius 3 is 2.80 bits per heavy atom. The second-order valence-electron chi connectivity index (χ2n) is 6.35. The molecule has 3 nitrogen and oxygen atoms in total. The highest BCUT2D eigenvalue weighted by Gasteiger charge is 2.23. The predicted octanol–water partition coefficient (Wildman–Crippen LogP) is 3.14. The van der Waals surface area contributed by atoms with E-state index in [1.807, 2.05) is 7.05 Å². The number of nitrogens with one attached hydrogen (secondary N) is 1. The number of hydrogen-bond acceptors (Lipinski definition) is 3. The highest BCUT2D eigenvalue weighted by atomic mass is 16.5. The van der Waals surface area contributed by atoms with Gasteiger partial charge in [0, 0.05) is 31.9 Å². The van der Waals surface area contributed by atoms with E-state index in [-0.39, 0.29) is 5.60 Å². The molecule has 0 bridgehead atoms. The van der Waals surface area contributed by atoms with Crippen LogP contribution in [-0.2, 0) is 11.2 Å². The normalized spacial score (nSPS) is 16.4. The van der Waals surface area contributed by atoms with Gasteiger partial charge < -0.3 is 15.0 Å². The van der Waals surface area contributed by atoms with Crippen molar-refractivity contribution >= 4 is 5.69 Å². The van der Waals surface area contributed by atoms with E-state index in [1.165, 1.54) is 16.8 Å². The highest BCUT2D eigenvalue weighted by molar-refractivity contribution is 5.59. The summed E-state index contributed by atoms with van der Waals surface area (Å²) in [5.41, 5.74) is 4.23. The van der Waals surface area contributed by atoms with E-state index in [9.17, 15) is 0 Å². The molecule has 1 heterocycles. The number of ether oxygens (including phenoxy) is 1. The fourth-order valence-corrected chi connectivity index (χ4v) is 2.66. The summed E-state index contributed by atoms with van der Waals surface area (Å²) in [5, 5.41) is 3.31. The summed E-state index contributed by atoms with van der Waals surface area (Å²) in [6.07, 6.45) is 2.21. The van der Waals surface area contributed by atoms with E-state index in [0.29, 0.717) is 6.04 Å². The molecule has 1 aliphatic heterocycles. The molecule has 112 valence electrons. The summed E-state index contributed by atoms with van der Waals surface area (Å²) in [5.74, 6) is 0. The van der Waals surface area contributed by atoms with E-state index in [2.05, 4.69) is 49.2 Å². The third kappa shape index (κ3) is 3.33. The van der Waals surface area contributed by atoms with E-state index >= 15 is 0 Å². The number of nitrogens with zero attached hydrogens (tertiary/aromatic N) is 1. The van der Waals surface area contributed by atoms with Crippen molar-refractivity contribution in [1.82, 2.24) is 5.32 Å². The van der Waals surface area contributed by atoms with Crippen LogP contribution in [0.1, 0.15) is 44.4 Å². The molecule has 0 fully saturated rings. The summed E-state index contributed by atoms with van der Waals surface area (Å²) in [4.78, 5) is 2.49. The molecule has 0 spiro atoms. The summed E-state index contributed by atoms with van der Waals surface area (Å²) < 4.78 is 5.52. The maximum atomic E-state index is 5.52. The molecule has 0 radical (unpaired) electrons. The van der Waals surface area contributed by atoms with Crippen LogP contribution in [-0.4, -0.2) is 32.8 Å². The summed E-state index contributed by atoms with van der Waals surface area (Å²) in [6.45, 7) is 8.71. The van der Waals surface area contributed by atoms with E-state index in [1.54, 1.807) is 7.11 Å². The molecule has 2 rings (SSSR count). The van der Waals surface area contributed by atoms with E-state index in [4.69, 9.17) is 4.74 Å². The van der Waals surface area contributed by atoms with Crippen LogP contribution in [0.15, 0.2) is 18.2 Å². The second kappa shape index (κ2) is 6.15. The van der Waals surface area contributed by atoms with Crippen molar-refractivity contribution in [2.45, 2.75) is 45.3 Å². The Morgan fingerprint density at radius 1 is 1.40 bits per heavy atom. The monoisotopic (exact) mass is 276 g/mol. The molecule has 1 unspecified atom stereocenters. The quantitative estimate of drug-likeness (QED) is 0.864. The average Bonchev–Trinajstić information content (AvgIpc) is 2.86. The smallest absolute Gasteiger partial charge is 0.0639 e. The van der Waals surface area contributed by atoms with Gasteiger partial charge in [-0.05, 0) is 57.9 Å². The van der Waals surface area contributed by atoms with Gasteiger partial charge >= 0.3 is 0 Å². The van der Waals surface area contributed by atoms with Crippen LogP contribution in [0.5, 0.6) is 0 Å². The third-order valence-corrected chi connectivity index (χ3v) is 4.56. The minimum Gasteiger partial charge on any atom is -0.379 e. The molecule has 0 aliphatic carbocycles. The minimum absolute atomic E-state index is 0.0384. The second-order valence-corrected chi connectivity index (χ2v) is 6.35. The number of hydrogen-bond donors (Lipinski definition) is 1. The molecule has 1 aromatic carbocycles. The molecule has 1 aromatic rings. The zero-order chi connectivity index (χ0) is 14.8. The highest BCUT2D eigenvalue weighted by Crippen LogP contribution is 2.31. The fraction of sp³-hybridized carbons (Fsp3) is 0.647. The van der Waals surface area contributed by atoms with Gasteiger partial charge in [0.2, 0.25) is 0 Å². The average molecular weight is 276 g/mol. The Labute approximate surface area is 123 Å². The van der Waals surface area contributed by atoms with Gasteiger partial charge in [0.1, 0.15) is 0 Å². The Kier molecular flexibility index (Phi) is 4.71. The molecule has 3 heteroatoms. The third-order valence-electron chi connectivity index (χ3n) is 4.56. The van der Waals surface area contributed by atoms with Crippen molar-refractivity contribution in [3.63, 3.8) is 0 Å². The molecule has 1 N–H and O–H groups in total. The van der Waals surface area contributed by atoms with Crippen molar-refractivity contribution in [3.8, 4) is 0 Å². The van der Waals surface area contributed by atoms with Crippen molar-refractivity contribution in [3.05, 3.63) is 29.3 Å². The molecule has 0 saturated carbocycles. The first-order valence-electron chi connectivity index (χ1n) is 7.57. The van der Waals surface area contributed by atoms with Crippen LogP contribution in [0.4, 0.5) is 5.69 Å². The van der Waals surface area contributed by atoms with Crippen LogP contribution in [0.25, 0.3) is 0 Å². The maximum absolute atomic E-state index is 5.52. The summed E-state index contributed by atoms with van der Waals surface area (Å²) in [7, 11) is 3.81. The fourth-order valence-electron chi connectivity index (χ4n) is 2.66. The largest absolute Gasteiger partial charge is 0.379 e. The molecular formula is C17H28N2O. The van der Waals surface area contributed by atoms with Crippen molar-refractivity contribution in [2.75, 3.05) is 32.1 Å². The molecule has 1 atom stereocenters. The number of anilines is 1. The Bertz CT molecular complexity index is 456. The topological polar surface area (TPSA) is 24.5 Å². The minimum atomic E-state index is -0.0384. The van der Waals surface area contributed by atoms with Gasteiger partial charge in [-0.25, -0.2) is 0 Å². The molecule has 0 amide bonds. The van der Waals surface area contributed by atoms with Gasteiger partial charge in [-0.1, -0.05) is 12.1 Å². The first kappa shape index (κ1) is 15.3. The SMILES string of the molecule is CNC(C)c1ccc2c(c1)CCN2CCC(C)(C)OC. The lowest BCUT2D eigenvalue weighted by atomic mass is 10.0. The van der Waals surface area contributed by atoms with E-state index in [0.717, 1.165) is 25.9 Å². The maximum Gasteiger partial charge on any atom is 0.0639 e. The Balaban J connectivity index is 2.06. The van der Waals surface area contributed by atoms with Crippen molar-refractivity contribution < 1.29 is 4.74 Å². The summed E-state index contributed by atoms with van der Waals surface area (Å²) in [6, 6.07) is 7.31. The first-order chi connectivity index (χ1) is 9.46. The number of benzene rings is 1. The lowest BCUT2D eigenvalue weighted by Crippen LogP contribution is -2.31. The van der Waals surface area contributed by atoms with Crippen molar-refractivity contribution in [2.24, 2.45) is 0 Å². The molecule has 1 aliphatic rings. The van der Waals surface area contributed by atoms with Gasteiger partial charge in [0.15, 0.2) is 0 Å². The predicted molar refractivity (Wildman–Crippen MR) is 85.5 cm³/mol. The van der Waals surface area contributed by atoms with Crippen LogP contribution >= 0.6 is 0 Å². The standard InChI is InChI=1S/C17H28N2O/c1-13(18-4)14-6-7-16-15(12-14)8-10-19(16)11-9-17(2,3)20-5/h6-7,12-13,18H,8-11H2,1-5H3. The van der Waals surface area contributed by atoms with Crippen LogP contribution < -0.4 is 10.2 Å². The van der Waals surface area contributed by atoms with E-state index < -0.39 is 0 Å². The molecular weight excluding hydrogens is 248 g/mol. The number of fused-ring (bicyclic) bond motifs is 1. The summed E-state index contributed by atoms with van der Waals surface area (Å²) >= 11 is 0. The van der Waals surface area contributed by atoms with Gasteiger partial charge in [-0.3, -0.25) is 0 Å². The van der Waals surface area contributed by atoms with Crippen LogP contribution in [0, 0.1) is 0 Å². The lowest BCUT2D eigenvalue weighted by Gasteiger charge is -2.27. The molecule has 0 saturated heterocycles.